The zero-order chi connectivity index (χ0) is 16.2. The molecule has 0 amide bonds. The number of hydrogen-bond acceptors (Lipinski definition) is 5. The number of nitrogens with zero attached hydrogens (tertiary/aromatic N) is 2. The van der Waals surface area contributed by atoms with Gasteiger partial charge in [-0.2, -0.15) is 13.5 Å². The molecule has 0 fully saturated rings. The van der Waals surface area contributed by atoms with E-state index in [-0.39, 0.29) is 10.6 Å². The molecule has 0 aliphatic heterocycles. The average Bonchev–Trinajstić information content (AvgIpc) is 2.48. The lowest BCUT2D eigenvalue weighted by atomic mass is 10.2. The van der Waals surface area contributed by atoms with Gasteiger partial charge in [0.15, 0.2) is 0 Å². The highest BCUT2D eigenvalue weighted by Gasteiger charge is 2.11. The molecular weight excluding hydrogens is 374 g/mol. The van der Waals surface area contributed by atoms with Gasteiger partial charge in [-0.3, -0.25) is 10.1 Å². The van der Waals surface area contributed by atoms with E-state index >= 15 is 0 Å². The minimum absolute atomic E-state index is 0.0485. The maximum atomic E-state index is 11.9. The van der Waals surface area contributed by atoms with E-state index in [1.165, 1.54) is 42.6 Å². The molecule has 0 bridgehead atoms. The molecular formula is C13H10BrN3O4S. The number of sulfonamides is 1. The maximum Gasteiger partial charge on any atom is 0.276 e. The summed E-state index contributed by atoms with van der Waals surface area (Å²) in [5, 5.41) is 14.2. The molecule has 0 saturated carbocycles. The van der Waals surface area contributed by atoms with Crippen molar-refractivity contribution < 1.29 is 13.3 Å². The van der Waals surface area contributed by atoms with Gasteiger partial charge in [-0.25, -0.2) is 4.83 Å². The lowest BCUT2D eigenvalue weighted by molar-refractivity contribution is -0.384. The number of non-ortho nitro benzene ring substituents is 1. The van der Waals surface area contributed by atoms with Crippen LogP contribution in [-0.4, -0.2) is 19.6 Å². The van der Waals surface area contributed by atoms with Crippen molar-refractivity contribution in [2.45, 2.75) is 4.90 Å². The summed E-state index contributed by atoms with van der Waals surface area (Å²) in [5.41, 5.74) is 0.483. The summed E-state index contributed by atoms with van der Waals surface area (Å²) in [7, 11) is -3.75. The molecule has 2 aromatic rings. The van der Waals surface area contributed by atoms with Crippen molar-refractivity contribution in [2.24, 2.45) is 5.10 Å². The van der Waals surface area contributed by atoms with Crippen LogP contribution in [-0.2, 0) is 10.0 Å². The Bertz CT molecular complexity index is 802. The first-order valence-corrected chi connectivity index (χ1v) is 8.21. The fraction of sp³-hybridized carbons (Fsp3) is 0. The Balaban J connectivity index is 2.08. The molecule has 0 atom stereocenters. The van der Waals surface area contributed by atoms with Crippen molar-refractivity contribution in [3.05, 3.63) is 68.7 Å². The summed E-state index contributed by atoms with van der Waals surface area (Å²) >= 11 is 3.22. The molecule has 0 aliphatic rings. The van der Waals surface area contributed by atoms with Gasteiger partial charge >= 0.3 is 0 Å². The second-order valence-electron chi connectivity index (χ2n) is 4.16. The number of nitro benzene ring substituents is 1. The molecule has 0 spiro atoms. The summed E-state index contributed by atoms with van der Waals surface area (Å²) < 4.78 is 24.7. The summed E-state index contributed by atoms with van der Waals surface area (Å²) in [6.07, 6.45) is 1.26. The van der Waals surface area contributed by atoms with Crippen LogP contribution in [0.5, 0.6) is 0 Å². The van der Waals surface area contributed by atoms with Crippen LogP contribution in [0.1, 0.15) is 5.56 Å². The van der Waals surface area contributed by atoms with E-state index in [0.717, 1.165) is 4.47 Å². The van der Waals surface area contributed by atoms with E-state index in [1.807, 2.05) is 0 Å². The van der Waals surface area contributed by atoms with Gasteiger partial charge in [-0.05, 0) is 42.0 Å². The topological polar surface area (TPSA) is 102 Å². The summed E-state index contributed by atoms with van der Waals surface area (Å²) in [5.74, 6) is 0. The number of benzene rings is 2. The molecule has 0 unspecified atom stereocenters. The Kier molecular flexibility index (Phi) is 4.88. The minimum Gasteiger partial charge on any atom is -0.258 e. The van der Waals surface area contributed by atoms with Crippen LogP contribution in [0.4, 0.5) is 5.69 Å². The van der Waals surface area contributed by atoms with Crippen LogP contribution in [0.3, 0.4) is 0 Å². The van der Waals surface area contributed by atoms with E-state index in [4.69, 9.17) is 0 Å². The van der Waals surface area contributed by atoms with E-state index in [0.29, 0.717) is 5.56 Å². The molecule has 22 heavy (non-hydrogen) atoms. The molecule has 1 N–H and O–H groups in total. The molecule has 0 radical (unpaired) electrons. The SMILES string of the molecule is O=[N+]([O-])c1ccc(/C=N\NS(=O)(=O)c2ccc(Br)cc2)cc1. The van der Waals surface area contributed by atoms with Gasteiger partial charge < -0.3 is 0 Å². The number of hydrazone groups is 1. The molecule has 2 aromatic carbocycles. The monoisotopic (exact) mass is 383 g/mol. The number of hydrogen-bond donors (Lipinski definition) is 1. The molecule has 9 heteroatoms. The molecule has 2 rings (SSSR count). The van der Waals surface area contributed by atoms with Gasteiger partial charge in [0.25, 0.3) is 15.7 Å². The highest BCUT2D eigenvalue weighted by molar-refractivity contribution is 9.10. The van der Waals surface area contributed by atoms with Crippen molar-refractivity contribution in [3.63, 3.8) is 0 Å². The van der Waals surface area contributed by atoms with Gasteiger partial charge in [0, 0.05) is 16.6 Å². The van der Waals surface area contributed by atoms with Crippen molar-refractivity contribution in [1.82, 2.24) is 4.83 Å². The van der Waals surface area contributed by atoms with Crippen molar-refractivity contribution in [3.8, 4) is 0 Å². The van der Waals surface area contributed by atoms with Crippen LogP contribution in [0.25, 0.3) is 0 Å². The third kappa shape index (κ3) is 4.12. The predicted octanol–water partition coefficient (Wildman–Crippen LogP) is 2.67. The maximum absolute atomic E-state index is 11.9. The fourth-order valence-corrected chi connectivity index (χ4v) is 2.57. The number of nitro groups is 1. The number of rotatable bonds is 5. The second kappa shape index (κ2) is 6.67. The zero-order valence-electron chi connectivity index (χ0n) is 11.0. The smallest absolute Gasteiger partial charge is 0.258 e. The lowest BCUT2D eigenvalue weighted by Gasteiger charge is -2.03. The minimum atomic E-state index is -3.75. The van der Waals surface area contributed by atoms with Crippen LogP contribution in [0.15, 0.2) is 63.0 Å². The van der Waals surface area contributed by atoms with Crippen LogP contribution >= 0.6 is 15.9 Å². The Morgan fingerprint density at radius 3 is 2.23 bits per heavy atom. The zero-order valence-corrected chi connectivity index (χ0v) is 13.4. The third-order valence-corrected chi connectivity index (χ3v) is 4.38. The molecule has 0 aliphatic carbocycles. The lowest BCUT2D eigenvalue weighted by Crippen LogP contribution is -2.18. The highest BCUT2D eigenvalue weighted by atomic mass is 79.9. The van der Waals surface area contributed by atoms with Crippen molar-refractivity contribution in [2.75, 3.05) is 0 Å². The van der Waals surface area contributed by atoms with Crippen LogP contribution < -0.4 is 4.83 Å². The van der Waals surface area contributed by atoms with Gasteiger partial charge in [-0.1, -0.05) is 15.9 Å². The Morgan fingerprint density at radius 2 is 1.68 bits per heavy atom. The molecule has 0 saturated heterocycles. The van der Waals surface area contributed by atoms with Crippen LogP contribution in [0, 0.1) is 10.1 Å². The highest BCUT2D eigenvalue weighted by Crippen LogP contribution is 2.14. The Labute approximate surface area is 135 Å². The number of nitrogens with one attached hydrogen (secondary N) is 1. The quantitative estimate of drug-likeness (QED) is 0.486. The molecule has 0 heterocycles. The average molecular weight is 384 g/mol. The van der Waals surface area contributed by atoms with E-state index in [9.17, 15) is 18.5 Å². The summed E-state index contributed by atoms with van der Waals surface area (Å²) in [6.45, 7) is 0. The van der Waals surface area contributed by atoms with Gasteiger partial charge in [-0.15, -0.1) is 0 Å². The summed E-state index contributed by atoms with van der Waals surface area (Å²) in [6, 6.07) is 11.6. The van der Waals surface area contributed by atoms with Gasteiger partial charge in [0.2, 0.25) is 0 Å². The first-order chi connectivity index (χ1) is 10.4. The van der Waals surface area contributed by atoms with Crippen LogP contribution in [0.2, 0.25) is 0 Å². The number of halogens is 1. The van der Waals surface area contributed by atoms with E-state index < -0.39 is 14.9 Å². The summed E-state index contributed by atoms with van der Waals surface area (Å²) in [4.78, 5) is 12.2. The molecule has 7 nitrogen and oxygen atoms in total. The standard InChI is InChI=1S/C13H10BrN3O4S/c14-11-3-7-13(8-4-11)22(20,21)16-15-9-10-1-5-12(6-2-10)17(18)19/h1-9,16H/b15-9-. The Hall–Kier alpha value is -2.26. The predicted molar refractivity (Wildman–Crippen MR) is 85.2 cm³/mol. The van der Waals surface area contributed by atoms with E-state index in [1.54, 1.807) is 12.1 Å². The van der Waals surface area contributed by atoms with Gasteiger partial charge in [0.05, 0.1) is 16.0 Å². The van der Waals surface area contributed by atoms with Gasteiger partial charge in [0.1, 0.15) is 0 Å². The molecule has 114 valence electrons. The second-order valence-corrected chi connectivity index (χ2v) is 6.73. The Morgan fingerprint density at radius 1 is 1.09 bits per heavy atom. The van der Waals surface area contributed by atoms with E-state index in [2.05, 4.69) is 25.9 Å². The molecule has 0 aromatic heterocycles. The third-order valence-electron chi connectivity index (χ3n) is 2.61. The largest absolute Gasteiger partial charge is 0.276 e. The fourth-order valence-electron chi connectivity index (χ4n) is 1.52. The van der Waals surface area contributed by atoms with Crippen molar-refractivity contribution in [1.29, 1.82) is 0 Å². The first-order valence-electron chi connectivity index (χ1n) is 5.93. The van der Waals surface area contributed by atoms with Crippen molar-refractivity contribution >= 4 is 37.9 Å². The normalized spacial score (nSPS) is 11.5. The first kappa shape index (κ1) is 16.1.